The lowest BCUT2D eigenvalue weighted by molar-refractivity contribution is -0.116. The molecule has 0 atom stereocenters. The number of ketones is 1. The number of rotatable bonds is 5. The number of halogens is 2. The minimum atomic E-state index is -0.571. The Hall–Kier alpha value is -3.84. The summed E-state index contributed by atoms with van der Waals surface area (Å²) in [6.07, 6.45) is 1.32. The first kappa shape index (κ1) is 22.4. The molecule has 2 heterocycles. The van der Waals surface area contributed by atoms with Crippen molar-refractivity contribution in [2.45, 2.75) is 20.4 Å². The number of nitrogens with one attached hydrogen (secondary N) is 1. The van der Waals surface area contributed by atoms with Gasteiger partial charge in [-0.15, -0.1) is 0 Å². The normalized spacial score (nSPS) is 10.9. The first-order valence-electron chi connectivity index (χ1n) is 10.1. The molecule has 2 aromatic carbocycles. The van der Waals surface area contributed by atoms with Gasteiger partial charge in [-0.2, -0.15) is 0 Å². The largest absolute Gasteiger partial charge is 0.323 e. The van der Waals surface area contributed by atoms with Crippen molar-refractivity contribution in [2.24, 2.45) is 0 Å². The summed E-state index contributed by atoms with van der Waals surface area (Å²) in [6, 6.07) is 13.4. The molecular weight excluding hydrogens is 445 g/mol. The Labute approximate surface area is 193 Å². The van der Waals surface area contributed by atoms with Gasteiger partial charge in [0.2, 0.25) is 11.3 Å². The molecule has 4 rings (SSSR count). The summed E-state index contributed by atoms with van der Waals surface area (Å²) in [4.78, 5) is 43.3. The third-order valence-electron chi connectivity index (χ3n) is 5.12. The smallest absolute Gasteiger partial charge is 0.244 e. The molecule has 0 unspecified atom stereocenters. The number of benzene rings is 2. The van der Waals surface area contributed by atoms with Crippen LogP contribution in [0.15, 0.2) is 65.6 Å². The minimum Gasteiger partial charge on any atom is -0.323 e. The lowest BCUT2D eigenvalue weighted by Crippen LogP contribution is -2.25. The zero-order valence-corrected chi connectivity index (χ0v) is 18.6. The number of aromatic nitrogens is 2. The van der Waals surface area contributed by atoms with Crippen LogP contribution in [0.1, 0.15) is 27.2 Å². The van der Waals surface area contributed by atoms with Crippen LogP contribution in [0, 0.1) is 19.7 Å². The molecule has 0 bridgehead atoms. The summed E-state index contributed by atoms with van der Waals surface area (Å²) in [7, 11) is 0. The van der Waals surface area contributed by atoms with E-state index >= 15 is 0 Å². The zero-order valence-electron chi connectivity index (χ0n) is 17.9. The molecule has 1 N–H and O–H groups in total. The van der Waals surface area contributed by atoms with Crippen LogP contribution in [0.4, 0.5) is 10.1 Å². The highest BCUT2D eigenvalue weighted by atomic mass is 35.5. The Morgan fingerprint density at radius 2 is 1.79 bits per heavy atom. The van der Waals surface area contributed by atoms with E-state index in [0.29, 0.717) is 16.4 Å². The van der Waals surface area contributed by atoms with Gasteiger partial charge in [0.15, 0.2) is 5.78 Å². The SMILES string of the molecule is Cc1ccc(NC(=O)Cn2cc(C(=O)c3ccc(F)cc3)c(=O)c3ccc(C)nc32)c(Cl)c1. The molecule has 6 nitrogen and oxygen atoms in total. The van der Waals surface area contributed by atoms with Crippen LogP contribution in [-0.2, 0) is 11.3 Å². The van der Waals surface area contributed by atoms with Crippen molar-refractivity contribution in [1.29, 1.82) is 0 Å². The second-order valence-electron chi connectivity index (χ2n) is 7.69. The number of aryl methyl sites for hydroxylation is 2. The van der Waals surface area contributed by atoms with Gasteiger partial charge < -0.3 is 9.88 Å². The molecule has 0 aliphatic carbocycles. The molecule has 8 heteroatoms. The maximum Gasteiger partial charge on any atom is 0.244 e. The molecule has 2 aromatic heterocycles. The second kappa shape index (κ2) is 8.96. The number of amides is 1. The predicted octanol–water partition coefficient (Wildman–Crippen LogP) is 4.68. The highest BCUT2D eigenvalue weighted by Gasteiger charge is 2.19. The Morgan fingerprint density at radius 3 is 2.48 bits per heavy atom. The fourth-order valence-corrected chi connectivity index (χ4v) is 3.75. The lowest BCUT2D eigenvalue weighted by atomic mass is 10.0. The van der Waals surface area contributed by atoms with E-state index in [0.717, 1.165) is 17.7 Å². The number of hydrogen-bond acceptors (Lipinski definition) is 4. The van der Waals surface area contributed by atoms with E-state index in [1.165, 1.54) is 22.9 Å². The van der Waals surface area contributed by atoms with Crippen molar-refractivity contribution in [3.63, 3.8) is 0 Å². The van der Waals surface area contributed by atoms with E-state index in [1.807, 2.05) is 13.0 Å². The Kier molecular flexibility index (Phi) is 6.07. The van der Waals surface area contributed by atoms with Crippen molar-refractivity contribution in [2.75, 3.05) is 5.32 Å². The zero-order chi connectivity index (χ0) is 23.7. The highest BCUT2D eigenvalue weighted by Crippen LogP contribution is 2.23. The van der Waals surface area contributed by atoms with Gasteiger partial charge in [0, 0.05) is 17.5 Å². The molecule has 4 aromatic rings. The van der Waals surface area contributed by atoms with E-state index < -0.39 is 22.9 Å². The summed E-state index contributed by atoms with van der Waals surface area (Å²) >= 11 is 6.21. The molecular formula is C25H19ClFN3O3. The van der Waals surface area contributed by atoms with Crippen LogP contribution in [-0.4, -0.2) is 21.2 Å². The molecule has 0 fully saturated rings. The Bertz CT molecular complexity index is 1460. The number of carbonyl (C=O) groups is 2. The van der Waals surface area contributed by atoms with Crippen molar-refractivity contribution >= 4 is 40.0 Å². The van der Waals surface area contributed by atoms with E-state index in [4.69, 9.17) is 11.6 Å². The topological polar surface area (TPSA) is 81.1 Å². The number of nitrogens with zero attached hydrogens (tertiary/aromatic N) is 2. The van der Waals surface area contributed by atoms with Gasteiger partial charge in [0.05, 0.1) is 21.7 Å². The van der Waals surface area contributed by atoms with Gasteiger partial charge in [-0.25, -0.2) is 9.37 Å². The third kappa shape index (κ3) is 4.68. The van der Waals surface area contributed by atoms with Gasteiger partial charge in [-0.3, -0.25) is 14.4 Å². The average Bonchev–Trinajstić information content (AvgIpc) is 2.77. The van der Waals surface area contributed by atoms with Gasteiger partial charge in [-0.05, 0) is 67.9 Å². The molecule has 0 saturated heterocycles. The van der Waals surface area contributed by atoms with Crippen LogP contribution >= 0.6 is 11.6 Å². The summed E-state index contributed by atoms with van der Waals surface area (Å²) < 4.78 is 14.7. The summed E-state index contributed by atoms with van der Waals surface area (Å²) in [5.41, 5.74) is 1.84. The van der Waals surface area contributed by atoms with Gasteiger partial charge in [0.25, 0.3) is 0 Å². The predicted molar refractivity (Wildman–Crippen MR) is 125 cm³/mol. The average molecular weight is 464 g/mol. The van der Waals surface area contributed by atoms with Gasteiger partial charge in [0.1, 0.15) is 18.0 Å². The van der Waals surface area contributed by atoms with Crippen LogP contribution < -0.4 is 10.7 Å². The number of carbonyl (C=O) groups excluding carboxylic acids is 2. The summed E-state index contributed by atoms with van der Waals surface area (Å²) in [5, 5.41) is 3.34. The van der Waals surface area contributed by atoms with Crippen LogP contribution in [0.2, 0.25) is 5.02 Å². The van der Waals surface area contributed by atoms with E-state index in [2.05, 4.69) is 10.3 Å². The number of anilines is 1. The number of fused-ring (bicyclic) bond motifs is 1. The standard InChI is InChI=1S/C25H19ClFN3O3/c1-14-3-10-21(20(26)11-14)29-22(31)13-30-12-19(23(32)16-5-7-17(27)8-6-16)24(33)18-9-4-15(2)28-25(18)30/h3-12H,13H2,1-2H3,(H,29,31). The molecule has 166 valence electrons. The fraction of sp³-hybridized carbons (Fsp3) is 0.120. The number of pyridine rings is 2. The fourth-order valence-electron chi connectivity index (χ4n) is 3.46. The quantitative estimate of drug-likeness (QED) is 0.436. The minimum absolute atomic E-state index is 0.138. The van der Waals surface area contributed by atoms with Crippen molar-refractivity contribution in [1.82, 2.24) is 9.55 Å². The van der Waals surface area contributed by atoms with E-state index in [-0.39, 0.29) is 28.7 Å². The van der Waals surface area contributed by atoms with Crippen LogP contribution in [0.3, 0.4) is 0 Å². The Morgan fingerprint density at radius 1 is 1.06 bits per heavy atom. The monoisotopic (exact) mass is 463 g/mol. The first-order chi connectivity index (χ1) is 15.7. The van der Waals surface area contributed by atoms with Crippen LogP contribution in [0.5, 0.6) is 0 Å². The molecule has 0 aliphatic heterocycles. The summed E-state index contributed by atoms with van der Waals surface area (Å²) in [5.74, 6) is -1.47. The molecule has 0 spiro atoms. The molecule has 1 amide bonds. The van der Waals surface area contributed by atoms with Crippen molar-refractivity contribution in [3.05, 3.63) is 104 Å². The second-order valence-corrected chi connectivity index (χ2v) is 8.10. The van der Waals surface area contributed by atoms with E-state index in [1.54, 1.807) is 31.2 Å². The maximum atomic E-state index is 13.3. The molecule has 0 radical (unpaired) electrons. The van der Waals surface area contributed by atoms with Gasteiger partial charge in [-0.1, -0.05) is 17.7 Å². The van der Waals surface area contributed by atoms with Crippen LogP contribution in [0.25, 0.3) is 11.0 Å². The molecule has 33 heavy (non-hydrogen) atoms. The Balaban J connectivity index is 1.76. The maximum absolute atomic E-state index is 13.3. The molecule has 0 aliphatic rings. The summed E-state index contributed by atoms with van der Waals surface area (Å²) in [6.45, 7) is 3.44. The number of hydrogen-bond donors (Lipinski definition) is 1. The lowest BCUT2D eigenvalue weighted by Gasteiger charge is -2.14. The van der Waals surface area contributed by atoms with Crippen molar-refractivity contribution < 1.29 is 14.0 Å². The molecule has 0 saturated carbocycles. The van der Waals surface area contributed by atoms with E-state index in [9.17, 15) is 18.8 Å². The first-order valence-corrected chi connectivity index (χ1v) is 10.5. The van der Waals surface area contributed by atoms with Crippen molar-refractivity contribution in [3.8, 4) is 0 Å². The highest BCUT2D eigenvalue weighted by molar-refractivity contribution is 6.33. The van der Waals surface area contributed by atoms with Gasteiger partial charge >= 0.3 is 0 Å². The third-order valence-corrected chi connectivity index (χ3v) is 5.44.